The molecule has 1 aliphatic rings. The van der Waals surface area contributed by atoms with Crippen LogP contribution in [0.1, 0.15) is 16.7 Å². The molecule has 12 heteroatoms. The van der Waals surface area contributed by atoms with Crippen molar-refractivity contribution < 1.29 is 13.2 Å². The molecule has 1 fully saturated rings. The number of likely N-dealkylation sites (N-methyl/N-ethyl adjacent to an activating group) is 1. The minimum Gasteiger partial charge on any atom is -0.354 e. The predicted molar refractivity (Wildman–Crippen MR) is 128 cm³/mol. The SMILES string of the molecule is CN1CCN(c2ccc(CNc3ncc(C#N)c(-c4c[nH]c5ncc(C(F)(F)F)cc45)n3)cn2)CC1. The van der Waals surface area contributed by atoms with Gasteiger partial charge in [-0.05, 0) is 24.7 Å². The van der Waals surface area contributed by atoms with Gasteiger partial charge in [0.2, 0.25) is 5.95 Å². The first-order valence-corrected chi connectivity index (χ1v) is 11.3. The number of H-pyrrole nitrogens is 1. The maximum absolute atomic E-state index is 13.2. The zero-order chi connectivity index (χ0) is 25.3. The average Bonchev–Trinajstić information content (AvgIpc) is 3.31. The molecule has 0 radical (unpaired) electrons. The quantitative estimate of drug-likeness (QED) is 0.434. The van der Waals surface area contributed by atoms with Crippen LogP contribution in [-0.2, 0) is 12.7 Å². The molecule has 9 nitrogen and oxygen atoms in total. The second-order valence-corrected chi connectivity index (χ2v) is 8.56. The van der Waals surface area contributed by atoms with E-state index in [1.165, 1.54) is 12.4 Å². The van der Waals surface area contributed by atoms with Crippen LogP contribution in [0.4, 0.5) is 24.9 Å². The lowest BCUT2D eigenvalue weighted by atomic mass is 10.1. The molecular weight excluding hydrogens is 471 g/mol. The second kappa shape index (κ2) is 9.43. The van der Waals surface area contributed by atoms with Crippen LogP contribution in [0.25, 0.3) is 22.3 Å². The number of hydrogen-bond acceptors (Lipinski definition) is 8. The summed E-state index contributed by atoms with van der Waals surface area (Å²) in [6.45, 7) is 4.23. The van der Waals surface area contributed by atoms with E-state index >= 15 is 0 Å². The van der Waals surface area contributed by atoms with Crippen molar-refractivity contribution in [2.75, 3.05) is 43.4 Å². The van der Waals surface area contributed by atoms with E-state index in [9.17, 15) is 18.4 Å². The van der Waals surface area contributed by atoms with Gasteiger partial charge < -0.3 is 20.1 Å². The monoisotopic (exact) mass is 493 g/mol. The molecule has 4 aromatic heterocycles. The van der Waals surface area contributed by atoms with E-state index in [1.807, 2.05) is 18.2 Å². The molecule has 184 valence electrons. The number of aromatic amines is 1. The summed E-state index contributed by atoms with van der Waals surface area (Å²) < 4.78 is 39.7. The highest BCUT2D eigenvalue weighted by atomic mass is 19.4. The molecule has 2 N–H and O–H groups in total. The number of hydrogen-bond donors (Lipinski definition) is 2. The molecule has 0 spiro atoms. The molecule has 0 aromatic carbocycles. The van der Waals surface area contributed by atoms with Crippen LogP contribution >= 0.6 is 0 Å². The summed E-state index contributed by atoms with van der Waals surface area (Å²) in [5.74, 6) is 1.16. The Balaban J connectivity index is 1.36. The fourth-order valence-electron chi connectivity index (χ4n) is 4.03. The van der Waals surface area contributed by atoms with E-state index < -0.39 is 11.7 Å². The molecular formula is C24H22F3N9. The van der Waals surface area contributed by atoms with Gasteiger partial charge in [0.15, 0.2) is 0 Å². The Morgan fingerprint density at radius 3 is 2.58 bits per heavy atom. The lowest BCUT2D eigenvalue weighted by Crippen LogP contribution is -2.44. The number of nitriles is 1. The molecule has 4 aromatic rings. The molecule has 0 saturated carbocycles. The van der Waals surface area contributed by atoms with Gasteiger partial charge in [-0.2, -0.15) is 18.4 Å². The lowest BCUT2D eigenvalue weighted by Gasteiger charge is -2.33. The van der Waals surface area contributed by atoms with Crippen LogP contribution in [0.2, 0.25) is 0 Å². The molecule has 0 atom stereocenters. The van der Waals surface area contributed by atoms with Gasteiger partial charge in [0, 0.05) is 62.3 Å². The number of fused-ring (bicyclic) bond motifs is 1. The highest BCUT2D eigenvalue weighted by Crippen LogP contribution is 2.34. The number of aromatic nitrogens is 5. The van der Waals surface area contributed by atoms with Gasteiger partial charge in [0.05, 0.1) is 23.0 Å². The van der Waals surface area contributed by atoms with E-state index in [-0.39, 0.29) is 28.2 Å². The third kappa shape index (κ3) is 4.78. The summed E-state index contributed by atoms with van der Waals surface area (Å²) >= 11 is 0. The molecule has 1 saturated heterocycles. The van der Waals surface area contributed by atoms with Crippen LogP contribution in [0.5, 0.6) is 0 Å². The smallest absolute Gasteiger partial charge is 0.354 e. The topological polar surface area (TPSA) is 110 Å². The highest BCUT2D eigenvalue weighted by Gasteiger charge is 2.31. The van der Waals surface area contributed by atoms with Crippen LogP contribution in [-0.4, -0.2) is 63.0 Å². The predicted octanol–water partition coefficient (Wildman–Crippen LogP) is 3.67. The number of anilines is 2. The van der Waals surface area contributed by atoms with Crippen molar-refractivity contribution in [2.24, 2.45) is 0 Å². The van der Waals surface area contributed by atoms with Crippen molar-refractivity contribution in [3.05, 3.63) is 59.7 Å². The Morgan fingerprint density at radius 1 is 1.08 bits per heavy atom. The van der Waals surface area contributed by atoms with Crippen molar-refractivity contribution in [3.8, 4) is 17.3 Å². The Morgan fingerprint density at radius 2 is 1.89 bits per heavy atom. The van der Waals surface area contributed by atoms with Crippen molar-refractivity contribution in [3.63, 3.8) is 0 Å². The van der Waals surface area contributed by atoms with Crippen molar-refractivity contribution in [2.45, 2.75) is 12.7 Å². The fraction of sp³-hybridized carbons (Fsp3) is 0.292. The molecule has 0 amide bonds. The van der Waals surface area contributed by atoms with E-state index in [0.29, 0.717) is 12.1 Å². The first kappa shape index (κ1) is 23.5. The molecule has 1 aliphatic heterocycles. The Labute approximate surface area is 204 Å². The first-order valence-electron chi connectivity index (χ1n) is 11.3. The van der Waals surface area contributed by atoms with Crippen LogP contribution in [0.15, 0.2) is 43.0 Å². The number of halogens is 3. The second-order valence-electron chi connectivity index (χ2n) is 8.56. The largest absolute Gasteiger partial charge is 0.417 e. The summed E-state index contributed by atoms with van der Waals surface area (Å²) in [6, 6.07) is 6.96. The first-order chi connectivity index (χ1) is 17.3. The standard InChI is InChI=1S/C24H22F3N9/c1-35-4-6-36(7-5-35)20-3-2-15(10-29-20)11-32-23-33-12-16(9-28)21(34-23)19-14-31-22-18(19)8-17(13-30-22)24(25,26)27/h2-3,8,10,12-14H,4-7,11H2,1H3,(H,30,31)(H,32,33,34). The molecule has 5 heterocycles. The number of pyridine rings is 2. The van der Waals surface area contributed by atoms with E-state index in [1.54, 1.807) is 6.20 Å². The number of nitrogens with one attached hydrogen (secondary N) is 2. The zero-order valence-electron chi connectivity index (χ0n) is 19.3. The fourth-order valence-corrected chi connectivity index (χ4v) is 4.03. The number of piperazine rings is 1. The van der Waals surface area contributed by atoms with Crippen LogP contribution < -0.4 is 10.2 Å². The molecule has 0 unspecified atom stereocenters. The van der Waals surface area contributed by atoms with Gasteiger partial charge in [-0.1, -0.05) is 6.07 Å². The minimum absolute atomic E-state index is 0.136. The summed E-state index contributed by atoms with van der Waals surface area (Å²) in [5, 5.41) is 12.9. The number of nitrogens with zero attached hydrogens (tertiary/aromatic N) is 7. The van der Waals surface area contributed by atoms with Crippen molar-refractivity contribution in [1.29, 1.82) is 5.26 Å². The Kier molecular flexibility index (Phi) is 6.15. The third-order valence-corrected chi connectivity index (χ3v) is 6.11. The maximum atomic E-state index is 13.2. The van der Waals surface area contributed by atoms with Gasteiger partial charge in [0.1, 0.15) is 17.5 Å². The summed E-state index contributed by atoms with van der Waals surface area (Å²) in [7, 11) is 2.10. The lowest BCUT2D eigenvalue weighted by molar-refractivity contribution is -0.137. The van der Waals surface area contributed by atoms with Gasteiger partial charge >= 0.3 is 6.18 Å². The van der Waals surface area contributed by atoms with E-state index in [2.05, 4.69) is 47.1 Å². The average molecular weight is 493 g/mol. The molecule has 0 bridgehead atoms. The summed E-state index contributed by atoms with van der Waals surface area (Å²) in [6.07, 6.45) is 0.851. The summed E-state index contributed by atoms with van der Waals surface area (Å²) in [5.41, 5.74) is 0.982. The van der Waals surface area contributed by atoms with Gasteiger partial charge in [-0.15, -0.1) is 0 Å². The highest BCUT2D eigenvalue weighted by molar-refractivity contribution is 5.94. The Bertz CT molecular complexity index is 1420. The van der Waals surface area contributed by atoms with Crippen LogP contribution in [0, 0.1) is 11.3 Å². The molecule has 36 heavy (non-hydrogen) atoms. The normalized spacial score (nSPS) is 14.7. The maximum Gasteiger partial charge on any atom is 0.417 e. The van der Waals surface area contributed by atoms with Gasteiger partial charge in [0.25, 0.3) is 0 Å². The third-order valence-electron chi connectivity index (χ3n) is 6.11. The van der Waals surface area contributed by atoms with E-state index in [4.69, 9.17) is 0 Å². The van der Waals surface area contributed by atoms with Gasteiger partial charge in [-0.3, -0.25) is 0 Å². The zero-order valence-corrected chi connectivity index (χ0v) is 19.3. The number of alkyl halides is 3. The van der Waals surface area contributed by atoms with Crippen LogP contribution in [0.3, 0.4) is 0 Å². The molecule has 5 rings (SSSR count). The van der Waals surface area contributed by atoms with E-state index in [0.717, 1.165) is 49.8 Å². The summed E-state index contributed by atoms with van der Waals surface area (Å²) in [4.78, 5) is 24.4. The Hall–Kier alpha value is -4.24. The minimum atomic E-state index is -4.54. The van der Waals surface area contributed by atoms with Crippen molar-refractivity contribution >= 4 is 22.8 Å². The molecule has 0 aliphatic carbocycles. The number of rotatable bonds is 5. The van der Waals surface area contributed by atoms with Gasteiger partial charge in [-0.25, -0.2) is 19.9 Å². The van der Waals surface area contributed by atoms with Crippen molar-refractivity contribution in [1.82, 2.24) is 29.8 Å².